The van der Waals surface area contributed by atoms with Crippen LogP contribution >= 0.6 is 11.6 Å². The van der Waals surface area contributed by atoms with Gasteiger partial charge in [-0.3, -0.25) is 4.99 Å². The van der Waals surface area contributed by atoms with Crippen LogP contribution < -0.4 is 5.73 Å². The number of aliphatic imine (C=N–C) groups is 1. The quantitative estimate of drug-likeness (QED) is 0.624. The third kappa shape index (κ3) is 4.30. The number of hydrogen-bond acceptors (Lipinski definition) is 2. The maximum absolute atomic E-state index is 5.42. The van der Waals surface area contributed by atoms with Crippen molar-refractivity contribution in [2.75, 3.05) is 6.54 Å². The third-order valence-electron chi connectivity index (χ3n) is 0.913. The van der Waals surface area contributed by atoms with E-state index in [1.54, 1.807) is 0 Å². The van der Waals surface area contributed by atoms with Crippen molar-refractivity contribution in [3.05, 3.63) is 23.4 Å². The van der Waals surface area contributed by atoms with Crippen LogP contribution in [-0.4, -0.2) is 12.8 Å². The first kappa shape index (κ1) is 9.40. The van der Waals surface area contributed by atoms with Gasteiger partial charge in [-0.25, -0.2) is 0 Å². The summed E-state index contributed by atoms with van der Waals surface area (Å²) in [6, 6.07) is 0. The molecule has 0 unspecified atom stereocenters. The molecular formula is C7H11ClN2. The highest BCUT2D eigenvalue weighted by Gasteiger charge is 1.84. The van der Waals surface area contributed by atoms with E-state index in [-0.39, 0.29) is 0 Å². The van der Waals surface area contributed by atoms with Gasteiger partial charge in [-0.15, -0.1) is 0 Å². The first-order chi connectivity index (χ1) is 4.70. The van der Waals surface area contributed by atoms with Crippen LogP contribution in [-0.2, 0) is 0 Å². The lowest BCUT2D eigenvalue weighted by Crippen LogP contribution is -2.00. The molecule has 0 rings (SSSR count). The summed E-state index contributed by atoms with van der Waals surface area (Å²) < 4.78 is 0. The Morgan fingerprint density at radius 2 is 2.40 bits per heavy atom. The van der Waals surface area contributed by atoms with E-state index in [9.17, 15) is 0 Å². The molecule has 2 nitrogen and oxygen atoms in total. The van der Waals surface area contributed by atoms with Crippen molar-refractivity contribution >= 4 is 17.8 Å². The Morgan fingerprint density at radius 3 is 2.70 bits per heavy atom. The largest absolute Gasteiger partial charge is 0.325 e. The van der Waals surface area contributed by atoms with Crippen LogP contribution in [0.15, 0.2) is 28.4 Å². The molecule has 0 bridgehead atoms. The lowest BCUT2D eigenvalue weighted by molar-refractivity contribution is 1.10. The fourth-order valence-corrected chi connectivity index (χ4v) is 0.447. The van der Waals surface area contributed by atoms with Crippen molar-refractivity contribution in [1.82, 2.24) is 0 Å². The highest BCUT2D eigenvalue weighted by molar-refractivity contribution is 6.38. The smallest absolute Gasteiger partial charge is 0.0517 e. The summed E-state index contributed by atoms with van der Waals surface area (Å²) in [6.45, 7) is 5.74. The van der Waals surface area contributed by atoms with Gasteiger partial charge in [0.25, 0.3) is 0 Å². The number of nitrogens with two attached hydrogens (primary N) is 1. The zero-order valence-corrected chi connectivity index (χ0v) is 6.73. The predicted molar refractivity (Wildman–Crippen MR) is 46.3 cm³/mol. The number of allylic oxidation sites excluding steroid dienone is 2. The fourth-order valence-electron chi connectivity index (χ4n) is 0.398. The maximum Gasteiger partial charge on any atom is 0.0517 e. The number of rotatable bonds is 3. The first-order valence-corrected chi connectivity index (χ1v) is 3.32. The Balaban J connectivity index is 3.98. The highest BCUT2D eigenvalue weighted by Crippen LogP contribution is 1.96. The van der Waals surface area contributed by atoms with Crippen LogP contribution in [0.5, 0.6) is 0 Å². The third-order valence-corrected chi connectivity index (χ3v) is 1.01. The van der Waals surface area contributed by atoms with Crippen molar-refractivity contribution in [3.63, 3.8) is 0 Å². The van der Waals surface area contributed by atoms with E-state index < -0.39 is 0 Å². The van der Waals surface area contributed by atoms with Gasteiger partial charge in [-0.05, 0) is 6.92 Å². The molecule has 0 aliphatic rings. The van der Waals surface area contributed by atoms with Gasteiger partial charge in [0, 0.05) is 18.5 Å². The van der Waals surface area contributed by atoms with Crippen LogP contribution in [0.3, 0.4) is 0 Å². The summed E-state index contributed by atoms with van der Waals surface area (Å²) in [4.78, 5) is 3.94. The monoisotopic (exact) mass is 158 g/mol. The number of hydrogen-bond donors (Lipinski definition) is 1. The van der Waals surface area contributed by atoms with Gasteiger partial charge < -0.3 is 5.73 Å². The topological polar surface area (TPSA) is 38.4 Å². The Labute approximate surface area is 66.1 Å². The summed E-state index contributed by atoms with van der Waals surface area (Å²) in [5.74, 6) is 0. The molecule has 0 saturated heterocycles. The minimum absolute atomic E-state index is 0.410. The molecule has 10 heavy (non-hydrogen) atoms. The minimum atomic E-state index is 0.410. The molecule has 0 saturated carbocycles. The van der Waals surface area contributed by atoms with Crippen LogP contribution in [0.4, 0.5) is 0 Å². The lowest BCUT2D eigenvalue weighted by Gasteiger charge is -1.92. The van der Waals surface area contributed by atoms with Crippen LogP contribution in [0.2, 0.25) is 0 Å². The zero-order chi connectivity index (χ0) is 7.98. The minimum Gasteiger partial charge on any atom is -0.325 e. The molecular weight excluding hydrogens is 148 g/mol. The molecule has 0 aromatic rings. The summed E-state index contributed by atoms with van der Waals surface area (Å²) in [5, 5.41) is 0.410. The molecule has 0 atom stereocenters. The zero-order valence-electron chi connectivity index (χ0n) is 5.97. The summed E-state index contributed by atoms with van der Waals surface area (Å²) in [6.07, 6.45) is 3.31. The first-order valence-electron chi connectivity index (χ1n) is 2.94. The summed E-state index contributed by atoms with van der Waals surface area (Å²) in [5.41, 5.74) is 6.12. The maximum atomic E-state index is 5.42. The summed E-state index contributed by atoms with van der Waals surface area (Å²) >= 11 is 5.42. The van der Waals surface area contributed by atoms with Crippen molar-refractivity contribution in [3.8, 4) is 0 Å². The standard InChI is InChI=1S/C7H11ClN2/c1-3-7(4-9)10-5-6(2)8/h3,5H,2,4,9H2,1H3/b7-3-,10-5?. The van der Waals surface area contributed by atoms with E-state index in [1.165, 1.54) is 6.21 Å². The molecule has 2 N–H and O–H groups in total. The van der Waals surface area contributed by atoms with E-state index in [0.717, 1.165) is 5.70 Å². The van der Waals surface area contributed by atoms with Gasteiger partial charge >= 0.3 is 0 Å². The van der Waals surface area contributed by atoms with Gasteiger partial charge in [-0.1, -0.05) is 24.3 Å². The second-order valence-electron chi connectivity index (χ2n) is 1.69. The van der Waals surface area contributed by atoms with E-state index in [0.29, 0.717) is 11.6 Å². The predicted octanol–water partition coefficient (Wildman–Crippen LogP) is 1.67. The van der Waals surface area contributed by atoms with Gasteiger partial charge in [0.15, 0.2) is 0 Å². The van der Waals surface area contributed by atoms with Gasteiger partial charge in [0.1, 0.15) is 0 Å². The van der Waals surface area contributed by atoms with E-state index in [2.05, 4.69) is 11.6 Å². The average Bonchev–Trinajstić information content (AvgIpc) is 1.90. The molecule has 0 aliphatic carbocycles. The van der Waals surface area contributed by atoms with Crippen molar-refractivity contribution in [2.45, 2.75) is 6.92 Å². The van der Waals surface area contributed by atoms with E-state index >= 15 is 0 Å². The van der Waals surface area contributed by atoms with Crippen LogP contribution in [0, 0.1) is 0 Å². The Bertz CT molecular complexity index is 170. The highest BCUT2D eigenvalue weighted by atomic mass is 35.5. The second kappa shape index (κ2) is 5.21. The van der Waals surface area contributed by atoms with E-state index in [1.807, 2.05) is 13.0 Å². The van der Waals surface area contributed by atoms with Crippen LogP contribution in [0.25, 0.3) is 0 Å². The normalized spacial score (nSPS) is 12.5. The number of halogens is 1. The molecule has 0 spiro atoms. The molecule has 3 heteroatoms. The Morgan fingerprint density at radius 1 is 1.80 bits per heavy atom. The molecule has 0 fully saturated rings. The Hall–Kier alpha value is -0.600. The molecule has 0 heterocycles. The van der Waals surface area contributed by atoms with Gasteiger partial charge in [0.05, 0.1) is 5.03 Å². The van der Waals surface area contributed by atoms with Crippen LogP contribution in [0.1, 0.15) is 6.92 Å². The fraction of sp³-hybridized carbons (Fsp3) is 0.286. The SMILES string of the molecule is C=C(Cl)C=N/C(=C\C)CN. The molecule has 0 aromatic carbocycles. The number of nitrogens with zero attached hydrogens (tertiary/aromatic N) is 1. The van der Waals surface area contributed by atoms with Gasteiger partial charge in [0.2, 0.25) is 0 Å². The molecule has 0 aromatic heterocycles. The molecule has 0 aliphatic heterocycles. The molecule has 0 amide bonds. The molecule has 0 radical (unpaired) electrons. The second-order valence-corrected chi connectivity index (χ2v) is 2.17. The average molecular weight is 159 g/mol. The molecule has 56 valence electrons. The van der Waals surface area contributed by atoms with Crippen molar-refractivity contribution in [1.29, 1.82) is 0 Å². The van der Waals surface area contributed by atoms with E-state index in [4.69, 9.17) is 17.3 Å². The van der Waals surface area contributed by atoms with Gasteiger partial charge in [-0.2, -0.15) is 0 Å². The van der Waals surface area contributed by atoms with Crippen molar-refractivity contribution < 1.29 is 0 Å². The van der Waals surface area contributed by atoms with Crippen molar-refractivity contribution in [2.24, 2.45) is 10.7 Å². The lowest BCUT2D eigenvalue weighted by atomic mass is 10.4. The summed E-state index contributed by atoms with van der Waals surface area (Å²) in [7, 11) is 0. The Kier molecular flexibility index (Phi) is 4.89.